The van der Waals surface area contributed by atoms with Crippen molar-refractivity contribution in [3.05, 3.63) is 40.2 Å². The predicted octanol–water partition coefficient (Wildman–Crippen LogP) is 3.78. The smallest absolute Gasteiger partial charge is 0.191 e. The highest BCUT2D eigenvalue weighted by molar-refractivity contribution is 14.0. The van der Waals surface area contributed by atoms with Gasteiger partial charge >= 0.3 is 0 Å². The number of rotatable bonds is 9. The van der Waals surface area contributed by atoms with Crippen LogP contribution in [0.4, 0.5) is 0 Å². The van der Waals surface area contributed by atoms with Crippen LogP contribution in [0.1, 0.15) is 35.4 Å². The summed E-state index contributed by atoms with van der Waals surface area (Å²) in [6.45, 7) is 6.76. The molecule has 2 N–H and O–H groups in total. The third-order valence-electron chi connectivity index (χ3n) is 3.33. The molecule has 0 saturated heterocycles. The maximum absolute atomic E-state index is 5.35. The molecule has 24 heavy (non-hydrogen) atoms. The molecule has 0 aromatic carbocycles. The summed E-state index contributed by atoms with van der Waals surface area (Å²) in [4.78, 5) is 10.3. The van der Waals surface area contributed by atoms with E-state index in [0.29, 0.717) is 0 Å². The summed E-state index contributed by atoms with van der Waals surface area (Å²) >= 11 is 1.75. The van der Waals surface area contributed by atoms with Gasteiger partial charge in [0.25, 0.3) is 0 Å². The number of furan rings is 1. The van der Waals surface area contributed by atoms with E-state index in [1.807, 2.05) is 18.3 Å². The Labute approximate surface area is 165 Å². The van der Waals surface area contributed by atoms with Crippen molar-refractivity contribution in [3.63, 3.8) is 0 Å². The quantitative estimate of drug-likeness (QED) is 0.258. The molecule has 0 saturated carbocycles. The summed E-state index contributed by atoms with van der Waals surface area (Å²) in [6, 6.07) is 3.91. The lowest BCUT2D eigenvalue weighted by molar-refractivity contribution is 0.506. The molecule has 0 unspecified atom stereocenters. The maximum Gasteiger partial charge on any atom is 0.191 e. The number of halogens is 1. The van der Waals surface area contributed by atoms with E-state index < -0.39 is 0 Å². The summed E-state index contributed by atoms with van der Waals surface area (Å²) in [6.07, 6.45) is 7.67. The molecule has 2 heterocycles. The summed E-state index contributed by atoms with van der Waals surface area (Å²) in [5.74, 6) is 1.86. The van der Waals surface area contributed by atoms with Crippen molar-refractivity contribution in [2.45, 2.75) is 39.5 Å². The Bertz CT molecular complexity index is 583. The lowest BCUT2D eigenvalue weighted by Gasteiger charge is -2.11. The van der Waals surface area contributed by atoms with Gasteiger partial charge in [0, 0.05) is 43.5 Å². The van der Waals surface area contributed by atoms with Gasteiger partial charge in [0.1, 0.15) is 5.76 Å². The minimum atomic E-state index is 0. The van der Waals surface area contributed by atoms with Crippen molar-refractivity contribution in [3.8, 4) is 0 Å². The first-order valence-corrected chi connectivity index (χ1v) is 9.05. The predicted molar refractivity (Wildman–Crippen MR) is 112 cm³/mol. The van der Waals surface area contributed by atoms with Crippen LogP contribution in [0, 0.1) is 6.92 Å². The van der Waals surface area contributed by atoms with Crippen molar-refractivity contribution in [1.82, 2.24) is 15.6 Å². The molecule has 0 aliphatic carbocycles. The molecular weight excluding hydrogens is 435 g/mol. The number of thiazole rings is 1. The standard InChI is InChI=1S/C17H26N4OS.HI/c1-3-4-9-18-17(19-10-7-15-6-5-12-22-15)20-11-8-16-21-13-14(2)23-16;/h5-6,12-13H,3-4,7-11H2,1-2H3,(H2,18,19,20);1H. The highest BCUT2D eigenvalue weighted by atomic mass is 127. The Balaban J connectivity index is 0.00000288. The van der Waals surface area contributed by atoms with E-state index in [1.165, 1.54) is 9.88 Å². The third kappa shape index (κ3) is 8.14. The highest BCUT2D eigenvalue weighted by Crippen LogP contribution is 2.10. The van der Waals surface area contributed by atoms with E-state index in [0.717, 1.165) is 57.0 Å². The Hall–Kier alpha value is -1.09. The first-order valence-electron chi connectivity index (χ1n) is 8.24. The van der Waals surface area contributed by atoms with Gasteiger partial charge in [-0.05, 0) is 25.5 Å². The molecule has 2 aromatic heterocycles. The van der Waals surface area contributed by atoms with Crippen molar-refractivity contribution < 1.29 is 4.42 Å². The second-order valence-electron chi connectivity index (χ2n) is 5.38. The Kier molecular flexibility index (Phi) is 10.7. The number of guanidine groups is 1. The number of aromatic nitrogens is 1. The van der Waals surface area contributed by atoms with E-state index in [2.05, 4.69) is 34.5 Å². The van der Waals surface area contributed by atoms with E-state index in [4.69, 9.17) is 4.42 Å². The molecule has 0 radical (unpaired) electrons. The minimum absolute atomic E-state index is 0. The zero-order valence-corrected chi connectivity index (χ0v) is 17.5. The molecule has 0 bridgehead atoms. The summed E-state index contributed by atoms with van der Waals surface area (Å²) < 4.78 is 5.35. The lowest BCUT2D eigenvalue weighted by Crippen LogP contribution is -2.39. The van der Waals surface area contributed by atoms with Crippen molar-refractivity contribution in [1.29, 1.82) is 0 Å². The second-order valence-corrected chi connectivity index (χ2v) is 6.70. The van der Waals surface area contributed by atoms with Crippen molar-refractivity contribution in [2.24, 2.45) is 4.99 Å². The van der Waals surface area contributed by atoms with Gasteiger partial charge in [-0.1, -0.05) is 13.3 Å². The molecule has 5 nitrogen and oxygen atoms in total. The van der Waals surface area contributed by atoms with Gasteiger partial charge in [-0.2, -0.15) is 0 Å². The number of hydrogen-bond donors (Lipinski definition) is 2. The average Bonchev–Trinajstić information content (AvgIpc) is 3.19. The largest absolute Gasteiger partial charge is 0.469 e. The van der Waals surface area contributed by atoms with E-state index in [1.54, 1.807) is 17.6 Å². The van der Waals surface area contributed by atoms with E-state index >= 15 is 0 Å². The summed E-state index contributed by atoms with van der Waals surface area (Å²) in [5.41, 5.74) is 0. The average molecular weight is 462 g/mol. The number of unbranched alkanes of at least 4 members (excludes halogenated alkanes) is 1. The Morgan fingerprint density at radius 1 is 1.29 bits per heavy atom. The van der Waals surface area contributed by atoms with Crippen molar-refractivity contribution >= 4 is 41.3 Å². The lowest BCUT2D eigenvalue weighted by atomic mass is 10.3. The summed E-state index contributed by atoms with van der Waals surface area (Å²) in [5, 5.41) is 7.93. The number of nitrogens with zero attached hydrogens (tertiary/aromatic N) is 2. The normalized spacial score (nSPS) is 11.2. The molecule has 2 aromatic rings. The topological polar surface area (TPSA) is 62.5 Å². The maximum atomic E-state index is 5.35. The van der Waals surface area contributed by atoms with Crippen LogP contribution in [0.15, 0.2) is 34.0 Å². The van der Waals surface area contributed by atoms with Gasteiger partial charge < -0.3 is 15.1 Å². The van der Waals surface area contributed by atoms with Crippen LogP contribution < -0.4 is 10.6 Å². The zero-order valence-electron chi connectivity index (χ0n) is 14.4. The van der Waals surface area contributed by atoms with Crippen LogP contribution in [-0.2, 0) is 12.8 Å². The molecule has 7 heteroatoms. The molecule has 0 amide bonds. The second kappa shape index (κ2) is 12.3. The fourth-order valence-electron chi connectivity index (χ4n) is 2.09. The van der Waals surface area contributed by atoms with Crippen LogP contribution in [0.25, 0.3) is 0 Å². The van der Waals surface area contributed by atoms with Crippen LogP contribution in [0.2, 0.25) is 0 Å². The Morgan fingerprint density at radius 3 is 2.71 bits per heavy atom. The minimum Gasteiger partial charge on any atom is -0.469 e. The molecule has 0 atom stereocenters. The molecule has 2 rings (SSSR count). The molecule has 0 spiro atoms. The SMILES string of the molecule is CCCCN=C(NCCc1ccco1)NCCc1ncc(C)s1.I. The van der Waals surface area contributed by atoms with Crippen LogP contribution >= 0.6 is 35.3 Å². The van der Waals surface area contributed by atoms with Gasteiger partial charge in [-0.25, -0.2) is 4.98 Å². The molecule has 134 valence electrons. The number of aryl methyl sites for hydroxylation is 1. The third-order valence-corrected chi connectivity index (χ3v) is 4.30. The summed E-state index contributed by atoms with van der Waals surface area (Å²) in [7, 11) is 0. The molecule has 0 aliphatic heterocycles. The van der Waals surface area contributed by atoms with Gasteiger partial charge in [0.15, 0.2) is 5.96 Å². The van der Waals surface area contributed by atoms with Crippen LogP contribution in [-0.4, -0.2) is 30.6 Å². The molecular formula is C17H27IN4OS. The van der Waals surface area contributed by atoms with Gasteiger partial charge in [0.2, 0.25) is 0 Å². The number of hydrogen-bond acceptors (Lipinski definition) is 4. The van der Waals surface area contributed by atoms with Crippen LogP contribution in [0.3, 0.4) is 0 Å². The highest BCUT2D eigenvalue weighted by Gasteiger charge is 2.02. The number of nitrogens with one attached hydrogen (secondary N) is 2. The van der Waals surface area contributed by atoms with Crippen molar-refractivity contribution in [2.75, 3.05) is 19.6 Å². The van der Waals surface area contributed by atoms with Gasteiger partial charge in [-0.15, -0.1) is 35.3 Å². The molecule has 0 aliphatic rings. The van der Waals surface area contributed by atoms with Gasteiger partial charge in [0.05, 0.1) is 11.3 Å². The fraction of sp³-hybridized carbons (Fsp3) is 0.529. The molecule has 0 fully saturated rings. The monoisotopic (exact) mass is 462 g/mol. The number of aliphatic imine (C=N–C) groups is 1. The Morgan fingerprint density at radius 2 is 2.08 bits per heavy atom. The zero-order chi connectivity index (χ0) is 16.3. The van der Waals surface area contributed by atoms with E-state index in [9.17, 15) is 0 Å². The first-order chi connectivity index (χ1) is 11.3. The fourth-order valence-corrected chi connectivity index (χ4v) is 2.87. The van der Waals surface area contributed by atoms with Gasteiger partial charge in [-0.3, -0.25) is 4.99 Å². The van der Waals surface area contributed by atoms with E-state index in [-0.39, 0.29) is 24.0 Å². The first kappa shape index (κ1) is 21.0. The van der Waals surface area contributed by atoms with Crippen LogP contribution in [0.5, 0.6) is 0 Å².